The van der Waals surface area contributed by atoms with Crippen molar-refractivity contribution in [3.63, 3.8) is 0 Å². The number of benzene rings is 1. The van der Waals surface area contributed by atoms with Gasteiger partial charge in [-0.05, 0) is 18.4 Å². The SMILES string of the molecule is C#CCCCCNC(=O)CC(N)c1ccccc1. The largest absolute Gasteiger partial charge is 0.356 e. The third kappa shape index (κ3) is 5.51. The molecule has 0 radical (unpaired) electrons. The van der Waals surface area contributed by atoms with E-state index in [4.69, 9.17) is 12.2 Å². The molecular formula is C15H20N2O. The fourth-order valence-corrected chi connectivity index (χ4v) is 1.67. The second kappa shape index (κ2) is 8.32. The van der Waals surface area contributed by atoms with Crippen LogP contribution in [0.15, 0.2) is 30.3 Å². The van der Waals surface area contributed by atoms with Crippen molar-refractivity contribution in [1.29, 1.82) is 0 Å². The smallest absolute Gasteiger partial charge is 0.221 e. The molecule has 3 nitrogen and oxygen atoms in total. The Bertz CT molecular complexity index is 395. The monoisotopic (exact) mass is 244 g/mol. The van der Waals surface area contributed by atoms with Gasteiger partial charge in [0.2, 0.25) is 5.91 Å². The van der Waals surface area contributed by atoms with Crippen molar-refractivity contribution >= 4 is 5.91 Å². The van der Waals surface area contributed by atoms with E-state index in [0.29, 0.717) is 13.0 Å². The predicted molar refractivity (Wildman–Crippen MR) is 73.7 cm³/mol. The molecule has 18 heavy (non-hydrogen) atoms. The van der Waals surface area contributed by atoms with Crippen LogP contribution in [0.5, 0.6) is 0 Å². The summed E-state index contributed by atoms with van der Waals surface area (Å²) in [6.07, 6.45) is 8.09. The Kier molecular flexibility index (Phi) is 6.60. The minimum Gasteiger partial charge on any atom is -0.356 e. The van der Waals surface area contributed by atoms with Crippen LogP contribution in [-0.2, 0) is 4.79 Å². The van der Waals surface area contributed by atoms with E-state index in [1.54, 1.807) is 0 Å². The molecule has 1 amide bonds. The lowest BCUT2D eigenvalue weighted by Gasteiger charge is -2.11. The van der Waals surface area contributed by atoms with Gasteiger partial charge in [0.15, 0.2) is 0 Å². The summed E-state index contributed by atoms with van der Waals surface area (Å²) in [5, 5.41) is 2.85. The molecule has 0 saturated carbocycles. The van der Waals surface area contributed by atoms with Gasteiger partial charge in [0, 0.05) is 25.4 Å². The highest BCUT2D eigenvalue weighted by molar-refractivity contribution is 5.76. The summed E-state index contributed by atoms with van der Waals surface area (Å²) in [5.74, 6) is 2.57. The second-order valence-corrected chi connectivity index (χ2v) is 4.23. The maximum atomic E-state index is 11.6. The van der Waals surface area contributed by atoms with Crippen molar-refractivity contribution in [2.75, 3.05) is 6.54 Å². The molecule has 1 unspecified atom stereocenters. The summed E-state index contributed by atoms with van der Waals surface area (Å²) >= 11 is 0. The number of rotatable bonds is 7. The molecule has 0 fully saturated rings. The van der Waals surface area contributed by atoms with E-state index >= 15 is 0 Å². The van der Waals surface area contributed by atoms with E-state index in [1.807, 2.05) is 30.3 Å². The van der Waals surface area contributed by atoms with E-state index < -0.39 is 0 Å². The third-order valence-corrected chi connectivity index (χ3v) is 2.70. The highest BCUT2D eigenvalue weighted by Crippen LogP contribution is 2.12. The predicted octanol–water partition coefficient (Wildman–Crippen LogP) is 2.00. The van der Waals surface area contributed by atoms with Crippen molar-refractivity contribution < 1.29 is 4.79 Å². The Hall–Kier alpha value is -1.79. The molecule has 0 saturated heterocycles. The van der Waals surface area contributed by atoms with Crippen LogP contribution in [0.2, 0.25) is 0 Å². The maximum Gasteiger partial charge on any atom is 0.221 e. The van der Waals surface area contributed by atoms with Crippen LogP contribution < -0.4 is 11.1 Å². The molecule has 0 aliphatic carbocycles. The first-order chi connectivity index (χ1) is 8.74. The molecule has 1 rings (SSSR count). The third-order valence-electron chi connectivity index (χ3n) is 2.70. The summed E-state index contributed by atoms with van der Waals surface area (Å²) < 4.78 is 0. The summed E-state index contributed by atoms with van der Waals surface area (Å²) in [6, 6.07) is 9.41. The first-order valence-corrected chi connectivity index (χ1v) is 6.24. The lowest BCUT2D eigenvalue weighted by atomic mass is 10.0. The van der Waals surface area contributed by atoms with Gasteiger partial charge in [0.05, 0.1) is 0 Å². The zero-order chi connectivity index (χ0) is 13.2. The highest BCUT2D eigenvalue weighted by atomic mass is 16.1. The molecule has 3 heteroatoms. The van der Waals surface area contributed by atoms with E-state index in [2.05, 4.69) is 11.2 Å². The molecule has 0 aliphatic heterocycles. The number of amides is 1. The summed E-state index contributed by atoms with van der Waals surface area (Å²) in [4.78, 5) is 11.6. The Morgan fingerprint density at radius 3 is 2.72 bits per heavy atom. The van der Waals surface area contributed by atoms with Crippen molar-refractivity contribution in [1.82, 2.24) is 5.32 Å². The molecule has 1 atom stereocenters. The van der Waals surface area contributed by atoms with Crippen LogP contribution in [0.1, 0.15) is 37.3 Å². The first-order valence-electron chi connectivity index (χ1n) is 6.24. The average Bonchev–Trinajstić information content (AvgIpc) is 2.39. The summed E-state index contributed by atoms with van der Waals surface area (Å²) in [6.45, 7) is 0.669. The molecule has 3 N–H and O–H groups in total. The van der Waals surface area contributed by atoms with Crippen LogP contribution in [0.4, 0.5) is 0 Å². The minimum atomic E-state index is -0.239. The number of nitrogens with two attached hydrogens (primary N) is 1. The maximum absolute atomic E-state index is 11.6. The Morgan fingerprint density at radius 2 is 2.06 bits per heavy atom. The molecule has 1 aromatic carbocycles. The van der Waals surface area contributed by atoms with Gasteiger partial charge in [-0.2, -0.15) is 0 Å². The molecule has 0 bridgehead atoms. The van der Waals surface area contributed by atoms with Crippen molar-refractivity contribution in [2.45, 2.75) is 31.7 Å². The van der Waals surface area contributed by atoms with E-state index in [9.17, 15) is 4.79 Å². The second-order valence-electron chi connectivity index (χ2n) is 4.23. The molecule has 1 aromatic rings. The Morgan fingerprint density at radius 1 is 1.33 bits per heavy atom. The first kappa shape index (κ1) is 14.3. The lowest BCUT2D eigenvalue weighted by Crippen LogP contribution is -2.28. The molecule has 0 aliphatic rings. The number of nitrogens with one attached hydrogen (secondary N) is 1. The van der Waals surface area contributed by atoms with E-state index in [1.165, 1.54) is 0 Å². The highest BCUT2D eigenvalue weighted by Gasteiger charge is 2.10. The van der Waals surface area contributed by atoms with Crippen LogP contribution in [-0.4, -0.2) is 12.5 Å². The topological polar surface area (TPSA) is 55.1 Å². The van der Waals surface area contributed by atoms with Crippen molar-refractivity contribution in [2.24, 2.45) is 5.73 Å². The van der Waals surface area contributed by atoms with Gasteiger partial charge in [-0.15, -0.1) is 12.3 Å². The van der Waals surface area contributed by atoms with Gasteiger partial charge < -0.3 is 11.1 Å². The molecule has 96 valence electrons. The number of terminal acetylenes is 1. The molecule has 0 aromatic heterocycles. The van der Waals surface area contributed by atoms with Gasteiger partial charge in [-0.1, -0.05) is 30.3 Å². The Balaban J connectivity index is 2.22. The normalized spacial score (nSPS) is 11.6. The van der Waals surface area contributed by atoms with Crippen LogP contribution in [0.25, 0.3) is 0 Å². The van der Waals surface area contributed by atoms with Crippen LogP contribution >= 0.6 is 0 Å². The van der Waals surface area contributed by atoms with E-state index in [-0.39, 0.29) is 11.9 Å². The quantitative estimate of drug-likeness (QED) is 0.569. The number of hydrogen-bond acceptors (Lipinski definition) is 2. The van der Waals surface area contributed by atoms with Gasteiger partial charge in [0.25, 0.3) is 0 Å². The van der Waals surface area contributed by atoms with Crippen molar-refractivity contribution in [3.8, 4) is 12.3 Å². The number of hydrogen-bond donors (Lipinski definition) is 2. The van der Waals surface area contributed by atoms with E-state index in [0.717, 1.165) is 24.8 Å². The lowest BCUT2D eigenvalue weighted by molar-refractivity contribution is -0.121. The number of carbonyl (C=O) groups excluding carboxylic acids is 1. The fourth-order valence-electron chi connectivity index (χ4n) is 1.67. The molecule has 0 spiro atoms. The minimum absolute atomic E-state index is 0.00735. The summed E-state index contributed by atoms with van der Waals surface area (Å²) in [5.41, 5.74) is 6.95. The van der Waals surface area contributed by atoms with Crippen LogP contribution in [0.3, 0.4) is 0 Å². The molecule has 0 heterocycles. The summed E-state index contributed by atoms with van der Waals surface area (Å²) in [7, 11) is 0. The zero-order valence-electron chi connectivity index (χ0n) is 10.6. The van der Waals surface area contributed by atoms with Gasteiger partial charge in [-0.25, -0.2) is 0 Å². The molecular weight excluding hydrogens is 224 g/mol. The zero-order valence-corrected chi connectivity index (χ0v) is 10.6. The van der Waals surface area contributed by atoms with Gasteiger partial charge in [0.1, 0.15) is 0 Å². The number of carbonyl (C=O) groups is 1. The van der Waals surface area contributed by atoms with Crippen LogP contribution in [0, 0.1) is 12.3 Å². The Labute approximate surface area is 109 Å². The van der Waals surface area contributed by atoms with Crippen molar-refractivity contribution in [3.05, 3.63) is 35.9 Å². The van der Waals surface area contributed by atoms with Gasteiger partial charge in [-0.3, -0.25) is 4.79 Å². The van der Waals surface area contributed by atoms with Gasteiger partial charge >= 0.3 is 0 Å². The fraction of sp³-hybridized carbons (Fsp3) is 0.400. The number of unbranched alkanes of at least 4 members (excludes halogenated alkanes) is 2. The standard InChI is InChI=1S/C15H20N2O/c1-2-3-4-8-11-17-15(18)12-14(16)13-9-6-5-7-10-13/h1,5-7,9-10,14H,3-4,8,11-12,16H2,(H,17,18). The average molecular weight is 244 g/mol.